The standard InChI is InChI=1S/C15H15NO/c1-2-14(16-17)12-8-6-10-4-3-5-11-7-9-13(12)15(10)11/h3-6,8,17H,2,7,9H2,1H3. The first-order valence-corrected chi connectivity index (χ1v) is 6.10. The summed E-state index contributed by atoms with van der Waals surface area (Å²) in [5.74, 6) is 0. The number of benzene rings is 2. The van der Waals surface area contributed by atoms with Crippen LogP contribution in [0.25, 0.3) is 10.8 Å². The van der Waals surface area contributed by atoms with Gasteiger partial charge in [0.2, 0.25) is 0 Å². The summed E-state index contributed by atoms with van der Waals surface area (Å²) in [6, 6.07) is 10.7. The van der Waals surface area contributed by atoms with Gasteiger partial charge in [0, 0.05) is 5.56 Å². The Bertz CT molecular complexity index is 614. The number of hydrogen-bond donors (Lipinski definition) is 1. The molecule has 0 atom stereocenters. The summed E-state index contributed by atoms with van der Waals surface area (Å²) in [6.45, 7) is 2.02. The van der Waals surface area contributed by atoms with Gasteiger partial charge in [-0.2, -0.15) is 0 Å². The van der Waals surface area contributed by atoms with Crippen LogP contribution in [-0.4, -0.2) is 10.9 Å². The molecule has 17 heavy (non-hydrogen) atoms. The Morgan fingerprint density at radius 1 is 1.24 bits per heavy atom. The van der Waals surface area contributed by atoms with E-state index in [0.29, 0.717) is 0 Å². The van der Waals surface area contributed by atoms with E-state index in [1.165, 1.54) is 21.9 Å². The molecule has 0 unspecified atom stereocenters. The fourth-order valence-electron chi connectivity index (χ4n) is 2.85. The molecule has 0 fully saturated rings. The summed E-state index contributed by atoms with van der Waals surface area (Å²) < 4.78 is 0. The molecule has 0 heterocycles. The molecule has 2 nitrogen and oxygen atoms in total. The van der Waals surface area contributed by atoms with Crippen LogP contribution in [0, 0.1) is 0 Å². The minimum absolute atomic E-state index is 0.761. The molecule has 2 aromatic rings. The van der Waals surface area contributed by atoms with Gasteiger partial charge in [-0.05, 0) is 41.2 Å². The van der Waals surface area contributed by atoms with Gasteiger partial charge in [0.15, 0.2) is 0 Å². The minimum Gasteiger partial charge on any atom is -0.411 e. The molecule has 0 aliphatic heterocycles. The maximum atomic E-state index is 9.08. The van der Waals surface area contributed by atoms with E-state index < -0.39 is 0 Å². The average Bonchev–Trinajstić information content (AvgIpc) is 2.80. The van der Waals surface area contributed by atoms with Gasteiger partial charge in [-0.3, -0.25) is 0 Å². The lowest BCUT2D eigenvalue weighted by Crippen LogP contribution is -2.03. The number of hydrogen-bond acceptors (Lipinski definition) is 2. The zero-order chi connectivity index (χ0) is 11.8. The Morgan fingerprint density at radius 3 is 2.88 bits per heavy atom. The van der Waals surface area contributed by atoms with E-state index in [2.05, 4.69) is 35.5 Å². The normalized spacial score (nSPS) is 14.5. The number of aryl methyl sites for hydroxylation is 2. The highest BCUT2D eigenvalue weighted by atomic mass is 16.4. The van der Waals surface area contributed by atoms with E-state index in [9.17, 15) is 0 Å². The number of nitrogens with zero attached hydrogens (tertiary/aromatic N) is 1. The summed E-state index contributed by atoms with van der Waals surface area (Å²) >= 11 is 0. The molecule has 0 amide bonds. The van der Waals surface area contributed by atoms with E-state index >= 15 is 0 Å². The molecule has 0 saturated carbocycles. The summed E-state index contributed by atoms with van der Waals surface area (Å²) in [7, 11) is 0. The van der Waals surface area contributed by atoms with Crippen molar-refractivity contribution in [3.63, 3.8) is 0 Å². The SMILES string of the molecule is CCC(=NO)c1ccc2cccc3c2c1CC3. The van der Waals surface area contributed by atoms with E-state index in [1.807, 2.05) is 6.92 Å². The van der Waals surface area contributed by atoms with Crippen molar-refractivity contribution < 1.29 is 5.21 Å². The van der Waals surface area contributed by atoms with E-state index in [0.717, 1.165) is 30.5 Å². The first-order valence-electron chi connectivity index (χ1n) is 6.10. The molecule has 1 aliphatic carbocycles. The second-order valence-corrected chi connectivity index (χ2v) is 4.51. The largest absolute Gasteiger partial charge is 0.411 e. The Kier molecular flexibility index (Phi) is 2.36. The molecule has 0 aromatic heterocycles. The molecule has 2 aromatic carbocycles. The lowest BCUT2D eigenvalue weighted by Gasteiger charge is -2.09. The predicted octanol–water partition coefficient (Wildman–Crippen LogP) is 3.53. The lowest BCUT2D eigenvalue weighted by atomic mass is 9.96. The van der Waals surface area contributed by atoms with Gasteiger partial charge in [-0.1, -0.05) is 42.4 Å². The minimum atomic E-state index is 0.761. The first kappa shape index (κ1) is 10.3. The van der Waals surface area contributed by atoms with Crippen LogP contribution in [-0.2, 0) is 12.8 Å². The molecule has 0 bridgehead atoms. The van der Waals surface area contributed by atoms with Crippen LogP contribution in [0.2, 0.25) is 0 Å². The highest BCUT2D eigenvalue weighted by Crippen LogP contribution is 2.33. The third-order valence-electron chi connectivity index (χ3n) is 3.65. The fraction of sp³-hybridized carbons (Fsp3) is 0.267. The molecule has 0 spiro atoms. The molecule has 1 aliphatic rings. The van der Waals surface area contributed by atoms with Gasteiger partial charge in [-0.25, -0.2) is 0 Å². The highest BCUT2D eigenvalue weighted by molar-refractivity contribution is 6.06. The second-order valence-electron chi connectivity index (χ2n) is 4.51. The molecule has 86 valence electrons. The van der Waals surface area contributed by atoms with Crippen molar-refractivity contribution in [2.24, 2.45) is 5.16 Å². The van der Waals surface area contributed by atoms with Crippen molar-refractivity contribution in [2.75, 3.05) is 0 Å². The van der Waals surface area contributed by atoms with Gasteiger partial charge >= 0.3 is 0 Å². The number of oxime groups is 1. The zero-order valence-corrected chi connectivity index (χ0v) is 9.90. The van der Waals surface area contributed by atoms with Crippen molar-refractivity contribution in [1.29, 1.82) is 0 Å². The Hall–Kier alpha value is -1.83. The van der Waals surface area contributed by atoms with Gasteiger partial charge in [0.05, 0.1) is 5.71 Å². The molecule has 2 heteroatoms. The second kappa shape index (κ2) is 3.88. The Morgan fingerprint density at radius 2 is 2.12 bits per heavy atom. The smallest absolute Gasteiger partial charge is 0.0868 e. The topological polar surface area (TPSA) is 32.6 Å². The molecule has 0 saturated heterocycles. The van der Waals surface area contributed by atoms with Crippen LogP contribution in [0.4, 0.5) is 0 Å². The van der Waals surface area contributed by atoms with Gasteiger partial charge in [0.1, 0.15) is 0 Å². The van der Waals surface area contributed by atoms with Crippen molar-refractivity contribution >= 4 is 16.5 Å². The van der Waals surface area contributed by atoms with Crippen LogP contribution >= 0.6 is 0 Å². The summed E-state index contributed by atoms with van der Waals surface area (Å²) in [6.07, 6.45) is 2.92. The Labute approximate surface area is 101 Å². The first-order chi connectivity index (χ1) is 8.35. The lowest BCUT2D eigenvalue weighted by molar-refractivity contribution is 0.318. The third kappa shape index (κ3) is 1.44. The zero-order valence-electron chi connectivity index (χ0n) is 9.90. The summed E-state index contributed by atoms with van der Waals surface area (Å²) in [5.41, 5.74) is 4.69. The van der Waals surface area contributed by atoms with E-state index in [-0.39, 0.29) is 0 Å². The monoisotopic (exact) mass is 225 g/mol. The predicted molar refractivity (Wildman–Crippen MR) is 70.0 cm³/mol. The summed E-state index contributed by atoms with van der Waals surface area (Å²) in [5, 5.41) is 15.2. The molecule has 0 radical (unpaired) electrons. The van der Waals surface area contributed by atoms with Crippen molar-refractivity contribution in [1.82, 2.24) is 0 Å². The maximum Gasteiger partial charge on any atom is 0.0868 e. The van der Waals surface area contributed by atoms with Crippen LogP contribution in [0.15, 0.2) is 35.5 Å². The van der Waals surface area contributed by atoms with Gasteiger partial charge < -0.3 is 5.21 Å². The van der Waals surface area contributed by atoms with Gasteiger partial charge in [0.25, 0.3) is 0 Å². The van der Waals surface area contributed by atoms with Crippen LogP contribution in [0.1, 0.15) is 30.0 Å². The van der Waals surface area contributed by atoms with E-state index in [4.69, 9.17) is 5.21 Å². The van der Waals surface area contributed by atoms with Crippen molar-refractivity contribution in [3.05, 3.63) is 47.0 Å². The Balaban J connectivity index is 2.33. The third-order valence-corrected chi connectivity index (χ3v) is 3.65. The van der Waals surface area contributed by atoms with Crippen molar-refractivity contribution in [3.8, 4) is 0 Å². The van der Waals surface area contributed by atoms with Gasteiger partial charge in [-0.15, -0.1) is 0 Å². The maximum absolute atomic E-state index is 9.08. The highest BCUT2D eigenvalue weighted by Gasteiger charge is 2.19. The molecular weight excluding hydrogens is 210 g/mol. The van der Waals surface area contributed by atoms with Crippen LogP contribution < -0.4 is 0 Å². The van der Waals surface area contributed by atoms with Crippen molar-refractivity contribution in [2.45, 2.75) is 26.2 Å². The van der Waals surface area contributed by atoms with Crippen LogP contribution in [0.3, 0.4) is 0 Å². The summed E-state index contributed by atoms with van der Waals surface area (Å²) in [4.78, 5) is 0. The average molecular weight is 225 g/mol. The van der Waals surface area contributed by atoms with Crippen LogP contribution in [0.5, 0.6) is 0 Å². The fourth-order valence-corrected chi connectivity index (χ4v) is 2.85. The number of rotatable bonds is 2. The van der Waals surface area contributed by atoms with E-state index in [1.54, 1.807) is 0 Å². The molecule has 3 rings (SSSR count). The molecular formula is C15H15NO. The quantitative estimate of drug-likeness (QED) is 0.473. The molecule has 1 N–H and O–H groups in total.